The van der Waals surface area contributed by atoms with Crippen molar-refractivity contribution < 1.29 is 4.42 Å². The third-order valence-electron chi connectivity index (χ3n) is 3.50. The lowest BCUT2D eigenvalue weighted by atomic mass is 10.1. The Morgan fingerprint density at radius 1 is 0.950 bits per heavy atom. The van der Waals surface area contributed by atoms with E-state index in [1.165, 1.54) is 51.4 Å². The van der Waals surface area contributed by atoms with E-state index in [1.807, 2.05) is 24.3 Å². The van der Waals surface area contributed by atoms with Crippen molar-refractivity contribution in [3.05, 3.63) is 24.3 Å². The van der Waals surface area contributed by atoms with Crippen LogP contribution in [0.3, 0.4) is 0 Å². The molecular weight excluding hydrogens is 266 g/mol. The normalized spacial score (nSPS) is 11.2. The van der Waals surface area contributed by atoms with Gasteiger partial charge in [0.25, 0.3) is 5.22 Å². The smallest absolute Gasteiger partial charge is 0.256 e. The predicted molar refractivity (Wildman–Crippen MR) is 87.3 cm³/mol. The molecule has 110 valence electrons. The van der Waals surface area contributed by atoms with Crippen molar-refractivity contribution in [2.45, 2.75) is 63.5 Å². The SMILES string of the molecule is CCCCCCCCCCSc1nc2ccccc2o1. The Morgan fingerprint density at radius 3 is 2.40 bits per heavy atom. The van der Waals surface area contributed by atoms with E-state index >= 15 is 0 Å². The maximum Gasteiger partial charge on any atom is 0.256 e. The fraction of sp³-hybridized carbons (Fsp3) is 0.588. The van der Waals surface area contributed by atoms with Crippen molar-refractivity contribution in [1.29, 1.82) is 0 Å². The van der Waals surface area contributed by atoms with Gasteiger partial charge in [0.1, 0.15) is 5.52 Å². The minimum absolute atomic E-state index is 0.814. The summed E-state index contributed by atoms with van der Waals surface area (Å²) in [6, 6.07) is 7.96. The van der Waals surface area contributed by atoms with E-state index in [1.54, 1.807) is 11.8 Å². The Labute approximate surface area is 126 Å². The molecule has 0 N–H and O–H groups in total. The number of hydrogen-bond donors (Lipinski definition) is 0. The minimum Gasteiger partial charge on any atom is -0.431 e. The van der Waals surface area contributed by atoms with Gasteiger partial charge in [-0.15, -0.1) is 0 Å². The average Bonchev–Trinajstić information content (AvgIpc) is 2.88. The van der Waals surface area contributed by atoms with Crippen LogP contribution < -0.4 is 0 Å². The van der Waals surface area contributed by atoms with Gasteiger partial charge in [-0.3, -0.25) is 0 Å². The molecule has 0 aliphatic carbocycles. The molecule has 2 aromatic rings. The first-order valence-electron chi connectivity index (χ1n) is 7.88. The highest BCUT2D eigenvalue weighted by Gasteiger charge is 2.04. The Kier molecular flexibility index (Phi) is 6.99. The molecule has 0 spiro atoms. The minimum atomic E-state index is 0.814. The highest BCUT2D eigenvalue weighted by atomic mass is 32.2. The molecule has 0 saturated heterocycles. The maximum atomic E-state index is 5.69. The van der Waals surface area contributed by atoms with Gasteiger partial charge in [0.15, 0.2) is 5.58 Å². The Balaban J connectivity index is 1.55. The number of nitrogens with zero attached hydrogens (tertiary/aromatic N) is 1. The van der Waals surface area contributed by atoms with Gasteiger partial charge in [0.2, 0.25) is 0 Å². The van der Waals surface area contributed by atoms with Crippen molar-refractivity contribution in [3.8, 4) is 0 Å². The van der Waals surface area contributed by atoms with Crippen molar-refractivity contribution in [2.75, 3.05) is 5.75 Å². The van der Waals surface area contributed by atoms with Gasteiger partial charge in [0.05, 0.1) is 0 Å². The lowest BCUT2D eigenvalue weighted by molar-refractivity contribution is 0.489. The van der Waals surface area contributed by atoms with Gasteiger partial charge < -0.3 is 4.42 Å². The molecule has 1 aromatic carbocycles. The summed E-state index contributed by atoms with van der Waals surface area (Å²) in [6.07, 6.45) is 10.9. The summed E-state index contributed by atoms with van der Waals surface area (Å²) in [7, 11) is 0. The first kappa shape index (κ1) is 15.4. The van der Waals surface area contributed by atoms with Crippen molar-refractivity contribution >= 4 is 22.9 Å². The molecule has 1 aromatic heterocycles. The Morgan fingerprint density at radius 2 is 1.65 bits per heavy atom. The number of thioether (sulfide) groups is 1. The van der Waals surface area contributed by atoms with E-state index in [9.17, 15) is 0 Å². The van der Waals surface area contributed by atoms with Crippen LogP contribution in [0.5, 0.6) is 0 Å². The molecule has 2 nitrogen and oxygen atoms in total. The number of hydrogen-bond acceptors (Lipinski definition) is 3. The fourth-order valence-corrected chi connectivity index (χ4v) is 3.14. The van der Waals surface area contributed by atoms with Crippen LogP contribution in [-0.4, -0.2) is 10.7 Å². The van der Waals surface area contributed by atoms with Gasteiger partial charge in [-0.1, -0.05) is 75.8 Å². The summed E-state index contributed by atoms with van der Waals surface area (Å²) in [4.78, 5) is 4.48. The molecule has 0 amide bonds. The summed E-state index contributed by atoms with van der Waals surface area (Å²) >= 11 is 1.74. The molecule has 3 heteroatoms. The van der Waals surface area contributed by atoms with Gasteiger partial charge in [0, 0.05) is 5.75 Å². The van der Waals surface area contributed by atoms with Crippen LogP contribution >= 0.6 is 11.8 Å². The van der Waals surface area contributed by atoms with Crippen molar-refractivity contribution in [1.82, 2.24) is 4.98 Å². The summed E-state index contributed by atoms with van der Waals surface area (Å²) in [5.41, 5.74) is 1.86. The second-order valence-electron chi connectivity index (χ2n) is 5.27. The second-order valence-corrected chi connectivity index (χ2v) is 6.32. The monoisotopic (exact) mass is 291 g/mol. The quantitative estimate of drug-likeness (QED) is 0.393. The fourth-order valence-electron chi connectivity index (χ4n) is 2.31. The van der Waals surface area contributed by atoms with Gasteiger partial charge >= 0.3 is 0 Å². The van der Waals surface area contributed by atoms with Crippen LogP contribution in [-0.2, 0) is 0 Å². The average molecular weight is 291 g/mol. The van der Waals surface area contributed by atoms with Crippen LogP contribution in [0.1, 0.15) is 58.3 Å². The third kappa shape index (κ3) is 5.20. The molecule has 1 heterocycles. The van der Waals surface area contributed by atoms with E-state index < -0.39 is 0 Å². The lowest BCUT2D eigenvalue weighted by Crippen LogP contribution is -1.83. The molecule has 20 heavy (non-hydrogen) atoms. The molecule has 0 aliphatic heterocycles. The molecule has 2 rings (SSSR count). The van der Waals surface area contributed by atoms with Gasteiger partial charge in [-0.05, 0) is 18.6 Å². The predicted octanol–water partition coefficient (Wildman–Crippen LogP) is 6.06. The molecule has 0 aliphatic rings. The summed E-state index contributed by atoms with van der Waals surface area (Å²) in [5, 5.41) is 0.814. The standard InChI is InChI=1S/C17H25NOS/c1-2-3-4-5-6-7-8-11-14-20-17-18-15-12-9-10-13-16(15)19-17/h9-10,12-13H,2-8,11,14H2,1H3. The molecule has 0 bridgehead atoms. The Bertz CT molecular complexity index is 461. The van der Waals surface area contributed by atoms with Crippen molar-refractivity contribution in [2.24, 2.45) is 0 Å². The molecule has 0 unspecified atom stereocenters. The highest BCUT2D eigenvalue weighted by Crippen LogP contribution is 2.24. The summed E-state index contributed by atoms with van der Waals surface area (Å²) in [6.45, 7) is 2.27. The van der Waals surface area contributed by atoms with Crippen LogP contribution in [0, 0.1) is 0 Å². The number of fused-ring (bicyclic) bond motifs is 1. The first-order valence-corrected chi connectivity index (χ1v) is 8.87. The van der Waals surface area contributed by atoms with Crippen LogP contribution in [0.25, 0.3) is 11.1 Å². The van der Waals surface area contributed by atoms with Crippen LogP contribution in [0.15, 0.2) is 33.9 Å². The van der Waals surface area contributed by atoms with E-state index in [0.717, 1.165) is 22.1 Å². The number of oxazole rings is 1. The van der Waals surface area contributed by atoms with Gasteiger partial charge in [-0.2, -0.15) is 0 Å². The first-order chi connectivity index (χ1) is 9.90. The molecule has 0 fully saturated rings. The second kappa shape index (κ2) is 9.06. The van der Waals surface area contributed by atoms with E-state index in [4.69, 9.17) is 4.42 Å². The lowest BCUT2D eigenvalue weighted by Gasteiger charge is -2.00. The van der Waals surface area contributed by atoms with Crippen LogP contribution in [0.4, 0.5) is 0 Å². The van der Waals surface area contributed by atoms with Crippen molar-refractivity contribution in [3.63, 3.8) is 0 Å². The summed E-state index contributed by atoms with van der Waals surface area (Å²) in [5.74, 6) is 1.11. The zero-order valence-electron chi connectivity index (χ0n) is 12.4. The molecular formula is C17H25NOS. The number of benzene rings is 1. The van der Waals surface area contributed by atoms with Gasteiger partial charge in [-0.25, -0.2) is 4.98 Å². The number of aromatic nitrogens is 1. The summed E-state index contributed by atoms with van der Waals surface area (Å²) < 4.78 is 5.69. The maximum absolute atomic E-state index is 5.69. The number of unbranched alkanes of at least 4 members (excludes halogenated alkanes) is 7. The Hall–Kier alpha value is -0.960. The molecule has 0 radical (unpaired) electrons. The molecule has 0 atom stereocenters. The van der Waals surface area contributed by atoms with E-state index in [0.29, 0.717) is 0 Å². The highest BCUT2D eigenvalue weighted by molar-refractivity contribution is 7.99. The number of para-hydroxylation sites is 2. The van der Waals surface area contributed by atoms with E-state index in [-0.39, 0.29) is 0 Å². The zero-order valence-corrected chi connectivity index (χ0v) is 13.3. The third-order valence-corrected chi connectivity index (χ3v) is 4.41. The topological polar surface area (TPSA) is 26.0 Å². The largest absolute Gasteiger partial charge is 0.431 e. The zero-order chi connectivity index (χ0) is 14.0. The number of rotatable bonds is 10. The van der Waals surface area contributed by atoms with E-state index in [2.05, 4.69) is 11.9 Å². The molecule has 0 saturated carbocycles. The van der Waals surface area contributed by atoms with Crippen LogP contribution in [0.2, 0.25) is 0 Å².